The van der Waals surface area contributed by atoms with Gasteiger partial charge >= 0.3 is 0 Å². The van der Waals surface area contributed by atoms with Gasteiger partial charge in [0.15, 0.2) is 12.6 Å². The van der Waals surface area contributed by atoms with Crippen LogP contribution >= 0.6 is 0 Å². The molecular formula is C17H31NO9. The second-order valence-corrected chi connectivity index (χ2v) is 6.84. The third-order valence-corrected chi connectivity index (χ3v) is 4.87. The van der Waals surface area contributed by atoms with Crippen LogP contribution in [-0.2, 0) is 33.2 Å². The van der Waals surface area contributed by atoms with Crippen LogP contribution in [0, 0.1) is 0 Å². The van der Waals surface area contributed by atoms with Crippen LogP contribution in [0.25, 0.3) is 0 Å². The molecule has 10 heteroatoms. The summed E-state index contributed by atoms with van der Waals surface area (Å²) in [5, 5.41) is 23.5. The summed E-state index contributed by atoms with van der Waals surface area (Å²) in [7, 11) is 4.41. The maximum atomic E-state index is 11.7. The first kappa shape index (κ1) is 22.4. The molecule has 2 heterocycles. The molecule has 2 aliphatic rings. The molecule has 0 aromatic heterocycles. The Hall–Kier alpha value is -0.850. The number of amides is 1. The molecule has 0 bridgehead atoms. The SMILES string of the molecule is COC[C@H]1O[C@@H](OC)[C@H](NC(C)=O)[C@@H](O[C@@H]2O[C@H](C)[C@@H](O)C[C@@H]2OC)[C@H]1O. The largest absolute Gasteiger partial charge is 0.390 e. The molecule has 0 aliphatic carbocycles. The minimum atomic E-state index is -1.11. The van der Waals surface area contributed by atoms with E-state index >= 15 is 0 Å². The molecule has 0 aromatic rings. The molecule has 2 saturated heterocycles. The lowest BCUT2D eigenvalue weighted by atomic mass is 9.96. The van der Waals surface area contributed by atoms with E-state index in [2.05, 4.69) is 5.32 Å². The Bertz CT molecular complexity index is 479. The third kappa shape index (κ3) is 5.36. The topological polar surface area (TPSA) is 125 Å². The summed E-state index contributed by atoms with van der Waals surface area (Å²) in [5.74, 6) is -0.326. The van der Waals surface area contributed by atoms with Gasteiger partial charge in [0, 0.05) is 34.7 Å². The Morgan fingerprint density at radius 1 is 1.15 bits per heavy atom. The van der Waals surface area contributed by atoms with Gasteiger partial charge in [0.2, 0.25) is 5.91 Å². The molecule has 10 nitrogen and oxygen atoms in total. The first-order chi connectivity index (χ1) is 12.8. The number of hydrogen-bond acceptors (Lipinski definition) is 9. The maximum absolute atomic E-state index is 11.7. The molecule has 0 radical (unpaired) electrons. The fraction of sp³-hybridized carbons (Fsp3) is 0.941. The molecule has 2 aliphatic heterocycles. The highest BCUT2D eigenvalue weighted by Crippen LogP contribution is 2.30. The second kappa shape index (κ2) is 10.1. The van der Waals surface area contributed by atoms with Gasteiger partial charge in [-0.3, -0.25) is 4.79 Å². The number of rotatable bonds is 7. The average Bonchev–Trinajstić information content (AvgIpc) is 2.62. The third-order valence-electron chi connectivity index (χ3n) is 4.87. The van der Waals surface area contributed by atoms with Crippen LogP contribution < -0.4 is 5.32 Å². The predicted octanol–water partition coefficient (Wildman–Crippen LogP) is -1.23. The zero-order valence-electron chi connectivity index (χ0n) is 16.4. The molecule has 0 aromatic carbocycles. The van der Waals surface area contributed by atoms with E-state index in [1.54, 1.807) is 6.92 Å². The summed E-state index contributed by atoms with van der Waals surface area (Å²) in [6.07, 6.45) is -5.80. The van der Waals surface area contributed by atoms with E-state index in [0.29, 0.717) is 6.42 Å². The van der Waals surface area contributed by atoms with Gasteiger partial charge in [-0.2, -0.15) is 0 Å². The number of carbonyl (C=O) groups excluding carboxylic acids is 1. The molecule has 2 fully saturated rings. The second-order valence-electron chi connectivity index (χ2n) is 6.84. The van der Waals surface area contributed by atoms with Crippen LogP contribution in [0.3, 0.4) is 0 Å². The fourth-order valence-corrected chi connectivity index (χ4v) is 3.38. The monoisotopic (exact) mass is 393 g/mol. The highest BCUT2D eigenvalue weighted by atomic mass is 16.7. The highest BCUT2D eigenvalue weighted by molar-refractivity contribution is 5.73. The van der Waals surface area contributed by atoms with E-state index in [9.17, 15) is 15.0 Å². The van der Waals surface area contributed by atoms with E-state index in [-0.39, 0.29) is 12.5 Å². The van der Waals surface area contributed by atoms with Gasteiger partial charge in [0.25, 0.3) is 0 Å². The standard InChI is InChI=1S/C17H31NO9/c1-8-10(20)6-11(23-4)16(25-8)27-15-13(18-9(2)19)17(24-5)26-12(7-22-3)14(15)21/h8,10-17,20-21H,6-7H2,1-5H3,(H,18,19)/t8-,10+,11+,12-,13-,14+,15-,16+,17-/m1/s1. The Balaban J connectivity index is 2.24. The van der Waals surface area contributed by atoms with Crippen molar-refractivity contribution in [2.24, 2.45) is 0 Å². The molecular weight excluding hydrogens is 362 g/mol. The van der Waals surface area contributed by atoms with Gasteiger partial charge in [0.1, 0.15) is 30.5 Å². The minimum absolute atomic E-state index is 0.113. The van der Waals surface area contributed by atoms with E-state index < -0.39 is 55.2 Å². The number of carbonyl (C=O) groups is 1. The normalized spacial score (nSPS) is 42.7. The first-order valence-corrected chi connectivity index (χ1v) is 8.96. The van der Waals surface area contributed by atoms with Crippen molar-refractivity contribution >= 4 is 5.91 Å². The zero-order chi connectivity index (χ0) is 20.1. The van der Waals surface area contributed by atoms with Crippen LogP contribution in [0.2, 0.25) is 0 Å². The van der Waals surface area contributed by atoms with E-state index in [1.807, 2.05) is 0 Å². The zero-order valence-corrected chi connectivity index (χ0v) is 16.4. The van der Waals surface area contributed by atoms with Gasteiger partial charge < -0.3 is 44.0 Å². The lowest BCUT2D eigenvalue weighted by Crippen LogP contribution is -2.66. The maximum Gasteiger partial charge on any atom is 0.217 e. The van der Waals surface area contributed by atoms with Gasteiger partial charge in [-0.1, -0.05) is 0 Å². The van der Waals surface area contributed by atoms with Crippen molar-refractivity contribution in [2.75, 3.05) is 27.9 Å². The molecule has 0 spiro atoms. The lowest BCUT2D eigenvalue weighted by Gasteiger charge is -2.46. The molecule has 9 atom stereocenters. The number of methoxy groups -OCH3 is 3. The Kier molecular flexibility index (Phi) is 8.38. The Morgan fingerprint density at radius 2 is 1.85 bits per heavy atom. The minimum Gasteiger partial charge on any atom is -0.390 e. The number of aliphatic hydroxyl groups is 2. The summed E-state index contributed by atoms with van der Waals surface area (Å²) >= 11 is 0. The summed E-state index contributed by atoms with van der Waals surface area (Å²) in [6, 6.07) is -0.779. The predicted molar refractivity (Wildman–Crippen MR) is 91.8 cm³/mol. The van der Waals surface area contributed by atoms with Gasteiger partial charge in [-0.25, -0.2) is 0 Å². The molecule has 0 saturated carbocycles. The van der Waals surface area contributed by atoms with Gasteiger partial charge in [0.05, 0.1) is 18.8 Å². The summed E-state index contributed by atoms with van der Waals surface area (Å²) in [6.45, 7) is 3.19. The molecule has 3 N–H and O–H groups in total. The number of nitrogens with one attached hydrogen (secondary N) is 1. The molecule has 158 valence electrons. The molecule has 0 unspecified atom stereocenters. The fourth-order valence-electron chi connectivity index (χ4n) is 3.38. The van der Waals surface area contributed by atoms with Gasteiger partial charge in [-0.15, -0.1) is 0 Å². The number of aliphatic hydroxyl groups excluding tert-OH is 2. The average molecular weight is 393 g/mol. The van der Waals surface area contributed by atoms with E-state index in [0.717, 1.165) is 0 Å². The van der Waals surface area contributed by atoms with Crippen molar-refractivity contribution in [3.63, 3.8) is 0 Å². The quantitative estimate of drug-likeness (QED) is 0.487. The van der Waals surface area contributed by atoms with Crippen molar-refractivity contribution in [1.82, 2.24) is 5.32 Å². The van der Waals surface area contributed by atoms with E-state index in [4.69, 9.17) is 28.4 Å². The van der Waals surface area contributed by atoms with Crippen LogP contribution in [-0.4, -0.2) is 99.3 Å². The van der Waals surface area contributed by atoms with Crippen molar-refractivity contribution in [3.8, 4) is 0 Å². The van der Waals surface area contributed by atoms with E-state index in [1.165, 1.54) is 28.3 Å². The highest BCUT2D eigenvalue weighted by Gasteiger charge is 2.49. The number of ether oxygens (including phenoxy) is 6. The number of hydrogen-bond donors (Lipinski definition) is 3. The summed E-state index contributed by atoms with van der Waals surface area (Å²) in [4.78, 5) is 11.7. The van der Waals surface area contributed by atoms with Crippen molar-refractivity contribution < 1.29 is 43.4 Å². The molecule has 1 amide bonds. The van der Waals surface area contributed by atoms with Crippen LogP contribution in [0.4, 0.5) is 0 Å². The smallest absolute Gasteiger partial charge is 0.217 e. The Labute approximate surface area is 159 Å². The summed E-state index contributed by atoms with van der Waals surface area (Å²) < 4.78 is 33.3. The van der Waals surface area contributed by atoms with Crippen LogP contribution in [0.1, 0.15) is 20.3 Å². The molecule has 2 rings (SSSR count). The Morgan fingerprint density at radius 3 is 2.41 bits per heavy atom. The van der Waals surface area contributed by atoms with Crippen LogP contribution in [0.5, 0.6) is 0 Å². The van der Waals surface area contributed by atoms with Crippen LogP contribution in [0.15, 0.2) is 0 Å². The summed E-state index contributed by atoms with van der Waals surface area (Å²) in [5.41, 5.74) is 0. The molecule has 27 heavy (non-hydrogen) atoms. The van der Waals surface area contributed by atoms with Crippen molar-refractivity contribution in [1.29, 1.82) is 0 Å². The lowest BCUT2D eigenvalue weighted by molar-refractivity contribution is -0.327. The van der Waals surface area contributed by atoms with Crippen molar-refractivity contribution in [2.45, 2.75) is 75.5 Å². The van der Waals surface area contributed by atoms with Gasteiger partial charge in [-0.05, 0) is 6.92 Å². The van der Waals surface area contributed by atoms with Crippen molar-refractivity contribution in [3.05, 3.63) is 0 Å². The first-order valence-electron chi connectivity index (χ1n) is 8.96.